The lowest BCUT2D eigenvalue weighted by Crippen LogP contribution is -2.46. The Morgan fingerprint density at radius 2 is 1.68 bits per heavy atom. The molecule has 0 spiro atoms. The average molecular weight is 266 g/mol. The second-order valence-electron chi connectivity index (χ2n) is 7.24. The van der Waals surface area contributed by atoms with E-state index in [0.717, 1.165) is 12.0 Å². The Morgan fingerprint density at radius 3 is 2.26 bits per heavy atom. The van der Waals surface area contributed by atoms with Gasteiger partial charge < -0.3 is 10.6 Å². The van der Waals surface area contributed by atoms with Gasteiger partial charge in [-0.3, -0.25) is 0 Å². The Hall–Kier alpha value is -0.0800. The molecule has 0 bridgehead atoms. The van der Waals surface area contributed by atoms with E-state index in [1.165, 1.54) is 77.2 Å². The highest BCUT2D eigenvalue weighted by molar-refractivity contribution is 4.88. The van der Waals surface area contributed by atoms with Gasteiger partial charge in [-0.2, -0.15) is 0 Å². The van der Waals surface area contributed by atoms with Gasteiger partial charge in [0.05, 0.1) is 0 Å². The van der Waals surface area contributed by atoms with Gasteiger partial charge in [0, 0.05) is 11.6 Å². The van der Waals surface area contributed by atoms with E-state index in [9.17, 15) is 0 Å². The van der Waals surface area contributed by atoms with Gasteiger partial charge in [-0.25, -0.2) is 0 Å². The molecule has 0 aromatic rings. The maximum absolute atomic E-state index is 6.55. The van der Waals surface area contributed by atoms with Crippen molar-refractivity contribution < 1.29 is 0 Å². The van der Waals surface area contributed by atoms with Gasteiger partial charge in [0.1, 0.15) is 0 Å². The third-order valence-electron chi connectivity index (χ3n) is 5.83. The maximum Gasteiger partial charge on any atom is 0.0166 e. The number of nitrogens with two attached hydrogens (primary N) is 1. The molecule has 2 saturated carbocycles. The number of rotatable bonds is 5. The second kappa shape index (κ2) is 7.08. The number of nitrogens with zero attached hydrogens (tertiary/aromatic N) is 1. The molecule has 2 fully saturated rings. The van der Waals surface area contributed by atoms with E-state index >= 15 is 0 Å². The summed E-state index contributed by atoms with van der Waals surface area (Å²) in [4.78, 5) is 2.61. The van der Waals surface area contributed by atoms with Gasteiger partial charge >= 0.3 is 0 Å². The van der Waals surface area contributed by atoms with Gasteiger partial charge in [-0.1, -0.05) is 32.6 Å². The maximum atomic E-state index is 6.55. The smallest absolute Gasteiger partial charge is 0.0166 e. The highest BCUT2D eigenvalue weighted by Gasteiger charge is 2.29. The zero-order chi connectivity index (χ0) is 13.7. The molecule has 2 aliphatic rings. The van der Waals surface area contributed by atoms with E-state index in [0.29, 0.717) is 0 Å². The van der Waals surface area contributed by atoms with Crippen LogP contribution >= 0.6 is 0 Å². The Kier molecular flexibility index (Phi) is 5.70. The lowest BCUT2D eigenvalue weighted by atomic mass is 9.79. The molecular weight excluding hydrogens is 232 g/mol. The van der Waals surface area contributed by atoms with Crippen LogP contribution < -0.4 is 5.73 Å². The van der Waals surface area contributed by atoms with Crippen molar-refractivity contribution in [1.29, 1.82) is 0 Å². The fourth-order valence-corrected chi connectivity index (χ4v) is 4.08. The number of hydrogen-bond donors (Lipinski definition) is 1. The van der Waals surface area contributed by atoms with Gasteiger partial charge in [-0.05, 0) is 64.5 Å². The topological polar surface area (TPSA) is 29.3 Å². The van der Waals surface area contributed by atoms with Crippen molar-refractivity contribution in [3.63, 3.8) is 0 Å². The van der Waals surface area contributed by atoms with Crippen molar-refractivity contribution >= 4 is 0 Å². The van der Waals surface area contributed by atoms with E-state index in [-0.39, 0.29) is 5.54 Å². The Balaban J connectivity index is 1.70. The molecule has 0 aliphatic heterocycles. The summed E-state index contributed by atoms with van der Waals surface area (Å²) in [5.74, 6) is 1.00. The Labute approximate surface area is 120 Å². The molecule has 0 atom stereocenters. The fourth-order valence-electron chi connectivity index (χ4n) is 4.08. The first-order chi connectivity index (χ1) is 9.13. The van der Waals surface area contributed by atoms with Crippen LogP contribution in [0.4, 0.5) is 0 Å². The van der Waals surface area contributed by atoms with Crippen molar-refractivity contribution in [1.82, 2.24) is 4.90 Å². The predicted octanol–water partition coefficient (Wildman–Crippen LogP) is 3.94. The van der Waals surface area contributed by atoms with Crippen LogP contribution in [0.2, 0.25) is 0 Å². The van der Waals surface area contributed by atoms with Crippen LogP contribution in [0.1, 0.15) is 77.6 Å². The van der Waals surface area contributed by atoms with Gasteiger partial charge in [0.2, 0.25) is 0 Å². The van der Waals surface area contributed by atoms with Crippen molar-refractivity contribution in [2.24, 2.45) is 11.7 Å². The van der Waals surface area contributed by atoms with E-state index in [1.807, 2.05) is 0 Å². The quantitative estimate of drug-likeness (QED) is 0.816. The van der Waals surface area contributed by atoms with Crippen LogP contribution in [-0.2, 0) is 0 Å². The van der Waals surface area contributed by atoms with Gasteiger partial charge in [0.25, 0.3) is 0 Å². The van der Waals surface area contributed by atoms with Crippen molar-refractivity contribution in [3.05, 3.63) is 0 Å². The fraction of sp³-hybridized carbons (Fsp3) is 1.00. The third kappa shape index (κ3) is 4.46. The summed E-state index contributed by atoms with van der Waals surface area (Å²) in [7, 11) is 2.32. The molecule has 0 unspecified atom stereocenters. The van der Waals surface area contributed by atoms with Crippen LogP contribution in [0, 0.1) is 5.92 Å². The Bertz CT molecular complexity index is 250. The molecule has 19 heavy (non-hydrogen) atoms. The summed E-state index contributed by atoms with van der Waals surface area (Å²) in [6.45, 7) is 3.55. The van der Waals surface area contributed by atoms with Crippen LogP contribution in [0.25, 0.3) is 0 Å². The molecule has 0 radical (unpaired) electrons. The van der Waals surface area contributed by atoms with Crippen molar-refractivity contribution in [3.8, 4) is 0 Å². The molecular formula is C17H34N2. The summed E-state index contributed by atoms with van der Waals surface area (Å²) in [5, 5.41) is 0. The first-order valence-corrected chi connectivity index (χ1v) is 8.62. The summed E-state index contributed by atoms with van der Waals surface area (Å²) >= 11 is 0. The minimum Gasteiger partial charge on any atom is -0.325 e. The van der Waals surface area contributed by atoms with Crippen LogP contribution in [0.5, 0.6) is 0 Å². The lowest BCUT2D eigenvalue weighted by molar-refractivity contribution is 0.144. The third-order valence-corrected chi connectivity index (χ3v) is 5.83. The molecule has 2 rings (SSSR count). The second-order valence-corrected chi connectivity index (χ2v) is 7.24. The minimum atomic E-state index is 0.160. The molecule has 0 heterocycles. The van der Waals surface area contributed by atoms with Crippen LogP contribution in [0.3, 0.4) is 0 Å². The van der Waals surface area contributed by atoms with Gasteiger partial charge in [-0.15, -0.1) is 0 Å². The van der Waals surface area contributed by atoms with Crippen molar-refractivity contribution in [2.75, 3.05) is 13.6 Å². The highest BCUT2D eigenvalue weighted by Crippen LogP contribution is 2.31. The average Bonchev–Trinajstić information content (AvgIpc) is 2.46. The first kappa shape index (κ1) is 15.3. The lowest BCUT2D eigenvalue weighted by Gasteiger charge is -2.38. The molecule has 2 heteroatoms. The largest absolute Gasteiger partial charge is 0.325 e. The summed E-state index contributed by atoms with van der Waals surface area (Å²) in [6, 6.07) is 0.829. The number of hydrogen-bond acceptors (Lipinski definition) is 2. The van der Waals surface area contributed by atoms with E-state index in [2.05, 4.69) is 18.9 Å². The molecule has 0 aromatic carbocycles. The monoisotopic (exact) mass is 266 g/mol. The zero-order valence-corrected chi connectivity index (χ0v) is 13.2. The summed E-state index contributed by atoms with van der Waals surface area (Å²) in [6.07, 6.45) is 14.9. The molecule has 2 N–H and O–H groups in total. The molecule has 0 saturated heterocycles. The molecule has 0 aromatic heterocycles. The van der Waals surface area contributed by atoms with E-state index < -0.39 is 0 Å². The molecule has 112 valence electrons. The molecule has 2 nitrogen and oxygen atoms in total. The summed E-state index contributed by atoms with van der Waals surface area (Å²) in [5.41, 5.74) is 6.71. The summed E-state index contributed by atoms with van der Waals surface area (Å²) < 4.78 is 0. The standard InChI is InChI=1S/C17H34N2/c1-3-15-7-9-16(10-8-15)19(2)14-13-17(18)11-5-4-6-12-17/h15-16H,3-14,18H2,1-2H3. The van der Waals surface area contributed by atoms with Crippen LogP contribution in [-0.4, -0.2) is 30.1 Å². The highest BCUT2D eigenvalue weighted by atomic mass is 15.1. The van der Waals surface area contributed by atoms with E-state index in [1.54, 1.807) is 0 Å². The molecule has 0 amide bonds. The normalized spacial score (nSPS) is 31.6. The van der Waals surface area contributed by atoms with E-state index in [4.69, 9.17) is 5.73 Å². The minimum absolute atomic E-state index is 0.160. The van der Waals surface area contributed by atoms with Crippen LogP contribution in [0.15, 0.2) is 0 Å². The zero-order valence-electron chi connectivity index (χ0n) is 13.2. The van der Waals surface area contributed by atoms with Gasteiger partial charge in [0.15, 0.2) is 0 Å². The Morgan fingerprint density at radius 1 is 1.05 bits per heavy atom. The SMILES string of the molecule is CCC1CCC(N(C)CCC2(N)CCCCC2)CC1. The predicted molar refractivity (Wildman–Crippen MR) is 83.3 cm³/mol. The molecule has 2 aliphatic carbocycles. The van der Waals surface area contributed by atoms with Crippen molar-refractivity contribution in [2.45, 2.75) is 89.1 Å². The first-order valence-electron chi connectivity index (χ1n) is 8.62.